The van der Waals surface area contributed by atoms with Gasteiger partial charge in [0, 0.05) is 31.7 Å². The lowest BCUT2D eigenvalue weighted by Crippen LogP contribution is -2.45. The van der Waals surface area contributed by atoms with Crippen molar-refractivity contribution in [1.29, 1.82) is 0 Å². The van der Waals surface area contributed by atoms with Crippen LogP contribution in [0.4, 0.5) is 0 Å². The molecule has 6 heteroatoms. The molecule has 1 aromatic carbocycles. The Morgan fingerprint density at radius 1 is 1.05 bits per heavy atom. The lowest BCUT2D eigenvalue weighted by molar-refractivity contribution is 0.124. The molecule has 0 radical (unpaired) electrons. The zero-order valence-electron chi connectivity index (χ0n) is 13.2. The molecule has 0 amide bonds. The van der Waals surface area contributed by atoms with Gasteiger partial charge in [-0.05, 0) is 30.8 Å². The topological polar surface area (TPSA) is 54.6 Å². The normalized spacial score (nSPS) is 16.8. The van der Waals surface area contributed by atoms with Gasteiger partial charge in [-0.25, -0.2) is 0 Å². The van der Waals surface area contributed by atoms with Crippen LogP contribution in [0.5, 0.6) is 5.75 Å². The average Bonchev–Trinajstić information content (AvgIpc) is 3.04. The Bertz CT molecular complexity index is 588. The number of benzene rings is 1. The molecule has 0 bridgehead atoms. The summed E-state index contributed by atoms with van der Waals surface area (Å²) >= 11 is 0. The molecule has 2 aromatic rings. The zero-order valence-corrected chi connectivity index (χ0v) is 13.2. The van der Waals surface area contributed by atoms with E-state index >= 15 is 0 Å². The van der Waals surface area contributed by atoms with Crippen LogP contribution in [0.15, 0.2) is 28.7 Å². The van der Waals surface area contributed by atoms with Gasteiger partial charge in [-0.3, -0.25) is 4.90 Å². The van der Waals surface area contributed by atoms with E-state index in [0.717, 1.165) is 50.6 Å². The SMILES string of the molecule is CCN1CCN(Cc2nnc(-c3ccc(OC)cc3)o2)CC1. The third-order valence-electron chi connectivity index (χ3n) is 4.07. The van der Waals surface area contributed by atoms with E-state index in [-0.39, 0.29) is 0 Å². The van der Waals surface area contributed by atoms with Gasteiger partial charge in [-0.1, -0.05) is 6.92 Å². The molecule has 3 rings (SSSR count). The number of hydrogen-bond acceptors (Lipinski definition) is 6. The molecule has 0 aliphatic carbocycles. The number of hydrogen-bond donors (Lipinski definition) is 0. The molecule has 0 atom stereocenters. The van der Waals surface area contributed by atoms with Crippen LogP contribution < -0.4 is 4.74 Å². The van der Waals surface area contributed by atoms with Gasteiger partial charge in [0.25, 0.3) is 0 Å². The van der Waals surface area contributed by atoms with Crippen molar-refractivity contribution in [3.8, 4) is 17.2 Å². The first-order valence-corrected chi connectivity index (χ1v) is 7.70. The molecule has 1 aliphatic heterocycles. The highest BCUT2D eigenvalue weighted by molar-refractivity contribution is 5.53. The number of nitrogens with zero attached hydrogens (tertiary/aromatic N) is 4. The van der Waals surface area contributed by atoms with Crippen molar-refractivity contribution < 1.29 is 9.15 Å². The van der Waals surface area contributed by atoms with Gasteiger partial charge in [-0.15, -0.1) is 10.2 Å². The van der Waals surface area contributed by atoms with E-state index in [1.165, 1.54) is 0 Å². The monoisotopic (exact) mass is 302 g/mol. The fourth-order valence-electron chi connectivity index (χ4n) is 2.62. The molecule has 1 aliphatic rings. The van der Waals surface area contributed by atoms with E-state index in [4.69, 9.17) is 9.15 Å². The Morgan fingerprint density at radius 3 is 2.36 bits per heavy atom. The average molecular weight is 302 g/mol. The van der Waals surface area contributed by atoms with Crippen molar-refractivity contribution in [2.75, 3.05) is 39.8 Å². The van der Waals surface area contributed by atoms with Crippen LogP contribution in [0.2, 0.25) is 0 Å². The van der Waals surface area contributed by atoms with Crippen LogP contribution in [0.25, 0.3) is 11.5 Å². The van der Waals surface area contributed by atoms with Crippen molar-refractivity contribution in [3.63, 3.8) is 0 Å². The summed E-state index contributed by atoms with van der Waals surface area (Å²) in [6.07, 6.45) is 0. The Kier molecular flexibility index (Phi) is 4.70. The zero-order chi connectivity index (χ0) is 15.4. The highest BCUT2D eigenvalue weighted by Gasteiger charge is 2.18. The third kappa shape index (κ3) is 3.45. The van der Waals surface area contributed by atoms with Gasteiger partial charge >= 0.3 is 0 Å². The van der Waals surface area contributed by atoms with Gasteiger partial charge < -0.3 is 14.1 Å². The highest BCUT2D eigenvalue weighted by Crippen LogP contribution is 2.21. The van der Waals surface area contributed by atoms with Crippen LogP contribution >= 0.6 is 0 Å². The highest BCUT2D eigenvalue weighted by atomic mass is 16.5. The molecule has 1 fully saturated rings. The molecular weight excluding hydrogens is 280 g/mol. The molecule has 0 N–H and O–H groups in total. The molecular formula is C16H22N4O2. The summed E-state index contributed by atoms with van der Waals surface area (Å²) < 4.78 is 10.9. The molecule has 2 heterocycles. The number of rotatable bonds is 5. The fraction of sp³-hybridized carbons (Fsp3) is 0.500. The van der Waals surface area contributed by atoms with Crippen LogP contribution in [0.1, 0.15) is 12.8 Å². The molecule has 6 nitrogen and oxygen atoms in total. The first-order valence-electron chi connectivity index (χ1n) is 7.70. The number of aromatic nitrogens is 2. The number of ether oxygens (including phenoxy) is 1. The quantitative estimate of drug-likeness (QED) is 0.840. The first-order chi connectivity index (χ1) is 10.8. The first kappa shape index (κ1) is 15.0. The van der Waals surface area contributed by atoms with Crippen molar-refractivity contribution in [1.82, 2.24) is 20.0 Å². The van der Waals surface area contributed by atoms with Crippen LogP contribution in [0.3, 0.4) is 0 Å². The predicted octanol–water partition coefficient (Wildman–Crippen LogP) is 1.88. The second kappa shape index (κ2) is 6.89. The van der Waals surface area contributed by atoms with E-state index in [1.807, 2.05) is 24.3 Å². The van der Waals surface area contributed by atoms with Gasteiger partial charge in [0.15, 0.2) is 0 Å². The summed E-state index contributed by atoms with van der Waals surface area (Å²) in [5.41, 5.74) is 0.912. The van der Waals surface area contributed by atoms with E-state index in [2.05, 4.69) is 26.9 Å². The molecule has 118 valence electrons. The predicted molar refractivity (Wildman–Crippen MR) is 83.7 cm³/mol. The van der Waals surface area contributed by atoms with Crippen LogP contribution in [0, 0.1) is 0 Å². The molecule has 1 saturated heterocycles. The van der Waals surface area contributed by atoms with Crippen molar-refractivity contribution in [2.24, 2.45) is 0 Å². The van der Waals surface area contributed by atoms with Gasteiger partial charge in [-0.2, -0.15) is 0 Å². The van der Waals surface area contributed by atoms with E-state index < -0.39 is 0 Å². The molecule has 0 unspecified atom stereocenters. The summed E-state index contributed by atoms with van der Waals surface area (Å²) in [4.78, 5) is 4.81. The van der Waals surface area contributed by atoms with Gasteiger partial charge in [0.05, 0.1) is 13.7 Å². The van der Waals surface area contributed by atoms with Crippen LogP contribution in [-0.2, 0) is 6.54 Å². The smallest absolute Gasteiger partial charge is 0.247 e. The van der Waals surface area contributed by atoms with E-state index in [9.17, 15) is 0 Å². The summed E-state index contributed by atoms with van der Waals surface area (Å²) in [5.74, 6) is 2.05. The fourth-order valence-corrected chi connectivity index (χ4v) is 2.62. The van der Waals surface area contributed by atoms with Gasteiger partial charge in [0.2, 0.25) is 11.8 Å². The maximum Gasteiger partial charge on any atom is 0.247 e. The Morgan fingerprint density at radius 2 is 1.73 bits per heavy atom. The summed E-state index contributed by atoms with van der Waals surface area (Å²) in [5, 5.41) is 8.31. The van der Waals surface area contributed by atoms with Gasteiger partial charge in [0.1, 0.15) is 5.75 Å². The summed E-state index contributed by atoms with van der Waals surface area (Å²) in [6.45, 7) is 8.36. The molecule has 0 spiro atoms. The standard InChI is InChI=1S/C16H22N4O2/c1-3-19-8-10-20(11-9-19)12-15-17-18-16(22-15)13-4-6-14(21-2)7-5-13/h4-7H,3,8-12H2,1-2H3. The molecule has 22 heavy (non-hydrogen) atoms. The largest absolute Gasteiger partial charge is 0.497 e. The number of likely N-dealkylation sites (N-methyl/N-ethyl adjacent to an activating group) is 1. The van der Waals surface area contributed by atoms with Crippen molar-refractivity contribution in [3.05, 3.63) is 30.2 Å². The minimum Gasteiger partial charge on any atom is -0.497 e. The number of piperazine rings is 1. The molecule has 0 saturated carbocycles. The van der Waals surface area contributed by atoms with Crippen molar-refractivity contribution in [2.45, 2.75) is 13.5 Å². The van der Waals surface area contributed by atoms with E-state index in [0.29, 0.717) is 11.8 Å². The Hall–Kier alpha value is -1.92. The minimum atomic E-state index is 0.560. The molecule has 1 aromatic heterocycles. The van der Waals surface area contributed by atoms with Crippen LogP contribution in [-0.4, -0.2) is 59.8 Å². The number of methoxy groups -OCH3 is 1. The summed E-state index contributed by atoms with van der Waals surface area (Å²) in [6, 6.07) is 7.64. The Balaban J connectivity index is 1.61. The third-order valence-corrected chi connectivity index (χ3v) is 4.07. The maximum absolute atomic E-state index is 5.78. The second-order valence-electron chi connectivity index (χ2n) is 5.44. The summed E-state index contributed by atoms with van der Waals surface area (Å²) in [7, 11) is 1.65. The minimum absolute atomic E-state index is 0.560. The van der Waals surface area contributed by atoms with Crippen molar-refractivity contribution >= 4 is 0 Å². The maximum atomic E-state index is 5.78. The lowest BCUT2D eigenvalue weighted by atomic mass is 10.2. The lowest BCUT2D eigenvalue weighted by Gasteiger charge is -2.33. The van der Waals surface area contributed by atoms with E-state index in [1.54, 1.807) is 7.11 Å². The Labute approximate surface area is 130 Å². The second-order valence-corrected chi connectivity index (χ2v) is 5.44.